The maximum Gasteiger partial charge on any atom is 0.475 e. The molecular weight excluding hydrogens is 840 g/mol. The zero-order chi connectivity index (χ0) is 43.3. The van der Waals surface area contributed by atoms with Gasteiger partial charge in [-0.15, -0.1) is 6.58 Å². The van der Waals surface area contributed by atoms with Crippen molar-refractivity contribution in [1.29, 1.82) is 5.26 Å². The lowest BCUT2D eigenvalue weighted by atomic mass is 10.2. The van der Waals surface area contributed by atoms with E-state index in [1.807, 2.05) is 6.07 Å². The summed E-state index contributed by atoms with van der Waals surface area (Å²) < 4.78 is 77.5. The van der Waals surface area contributed by atoms with Gasteiger partial charge in [0.2, 0.25) is 0 Å². The van der Waals surface area contributed by atoms with Crippen LogP contribution in [-0.2, 0) is 50.7 Å². The molecule has 2 unspecified atom stereocenters. The van der Waals surface area contributed by atoms with Crippen molar-refractivity contribution in [2.75, 3.05) is 50.3 Å². The third-order valence-corrected chi connectivity index (χ3v) is 10.6. The number of phosphoric ester groups is 2. The normalized spacial score (nSPS) is 23.1. The van der Waals surface area contributed by atoms with Gasteiger partial charge in [-0.2, -0.15) is 10.2 Å². The molecule has 0 bridgehead atoms. The van der Waals surface area contributed by atoms with Crippen molar-refractivity contribution in [2.24, 2.45) is 0 Å². The second-order valence-corrected chi connectivity index (χ2v) is 15.4. The van der Waals surface area contributed by atoms with Gasteiger partial charge in [-0.25, -0.2) is 38.5 Å². The van der Waals surface area contributed by atoms with E-state index in [0.717, 1.165) is 4.57 Å². The van der Waals surface area contributed by atoms with Gasteiger partial charge in [-0.1, -0.05) is 31.4 Å². The number of carbonyl (C=O) groups is 2. The summed E-state index contributed by atoms with van der Waals surface area (Å²) in [4.78, 5) is 63.9. The van der Waals surface area contributed by atoms with Gasteiger partial charge < -0.3 is 28.9 Å². The molecule has 25 nitrogen and oxygen atoms in total. The van der Waals surface area contributed by atoms with Crippen LogP contribution in [-0.4, -0.2) is 115 Å². The summed E-state index contributed by atoms with van der Waals surface area (Å²) in [6.07, 6.45) is -1.43. The number of phosphoric acid groups is 2. The largest absolute Gasteiger partial charge is 0.475 e. The number of imidazole rings is 1. The number of fused-ring (bicyclic) bond motifs is 1. The first-order valence-electron chi connectivity index (χ1n) is 17.8. The molecule has 0 spiro atoms. The van der Waals surface area contributed by atoms with Crippen LogP contribution in [0.25, 0.3) is 11.2 Å². The van der Waals surface area contributed by atoms with Gasteiger partial charge in [0.15, 0.2) is 17.0 Å². The quantitative estimate of drug-likeness (QED) is 0.0639. The molecule has 3 aromatic rings. The minimum Gasteiger partial charge on any atom is -0.445 e. The van der Waals surface area contributed by atoms with E-state index in [9.17, 15) is 33.5 Å². The highest BCUT2D eigenvalue weighted by molar-refractivity contribution is 7.48. The molecule has 0 aliphatic carbocycles. The van der Waals surface area contributed by atoms with Crippen LogP contribution in [0.1, 0.15) is 31.7 Å². The molecule has 2 amide bonds. The fourth-order valence-electron chi connectivity index (χ4n) is 5.55. The predicted molar refractivity (Wildman–Crippen MR) is 204 cm³/mol. The number of anilines is 2. The Morgan fingerprint density at radius 2 is 1.60 bits per heavy atom. The zero-order valence-corrected chi connectivity index (χ0v) is 33.4. The lowest BCUT2D eigenvalue weighted by Crippen LogP contribution is -2.30. The van der Waals surface area contributed by atoms with E-state index in [0.29, 0.717) is 0 Å². The summed E-state index contributed by atoms with van der Waals surface area (Å²) in [5, 5.41) is 24.5. The molecule has 5 heterocycles. The molecule has 4 N–H and O–H groups in total. The molecule has 0 saturated carbocycles. The molecule has 5 rings (SSSR count). The van der Waals surface area contributed by atoms with Gasteiger partial charge in [0, 0.05) is 19.0 Å². The van der Waals surface area contributed by atoms with E-state index in [2.05, 4.69) is 50.3 Å². The van der Waals surface area contributed by atoms with Gasteiger partial charge in [0.1, 0.15) is 56.1 Å². The van der Waals surface area contributed by atoms with E-state index in [-0.39, 0.29) is 68.5 Å². The van der Waals surface area contributed by atoms with E-state index >= 15 is 0 Å². The number of amides is 2. The van der Waals surface area contributed by atoms with Crippen LogP contribution in [0.2, 0.25) is 0 Å². The smallest absolute Gasteiger partial charge is 0.445 e. The summed E-state index contributed by atoms with van der Waals surface area (Å²) >= 11 is 0. The van der Waals surface area contributed by atoms with Crippen LogP contribution in [0.5, 0.6) is 0 Å². The fourth-order valence-corrected chi connectivity index (χ4v) is 7.65. The number of aromatic nitrogens is 6. The Hall–Kier alpha value is -5.22. The van der Waals surface area contributed by atoms with Gasteiger partial charge in [0.25, 0.3) is 0 Å². The second-order valence-electron chi connectivity index (χ2n) is 12.3. The average molecular weight is 882 g/mol. The maximum atomic E-state index is 13.6. The summed E-state index contributed by atoms with van der Waals surface area (Å²) in [6.45, 7) is 8.26. The average Bonchev–Trinajstić information content (AvgIpc) is 3.94. The number of ether oxygens (including phenoxy) is 4. The molecule has 2 aliphatic heterocycles. The number of nitrogens with zero attached hydrogens (tertiary/aromatic N) is 7. The highest BCUT2D eigenvalue weighted by Gasteiger charge is 2.45. The van der Waals surface area contributed by atoms with Crippen molar-refractivity contribution in [3.05, 3.63) is 73.4 Å². The monoisotopic (exact) mass is 881 g/mol. The van der Waals surface area contributed by atoms with Gasteiger partial charge >= 0.3 is 33.5 Å². The van der Waals surface area contributed by atoms with Gasteiger partial charge in [0.05, 0.1) is 51.3 Å². The lowest BCUT2D eigenvalue weighted by Gasteiger charge is -2.24. The van der Waals surface area contributed by atoms with Crippen LogP contribution < -0.4 is 16.3 Å². The van der Waals surface area contributed by atoms with E-state index in [4.69, 9.17) is 46.8 Å². The van der Waals surface area contributed by atoms with E-state index in [1.54, 1.807) is 0 Å². The summed E-state index contributed by atoms with van der Waals surface area (Å²) in [5.41, 5.74) is -0.484. The Kier molecular flexibility index (Phi) is 16.3. The van der Waals surface area contributed by atoms with Crippen molar-refractivity contribution in [2.45, 2.75) is 56.1 Å². The number of aliphatic hydroxyl groups is 1. The Morgan fingerprint density at radius 3 is 2.28 bits per heavy atom. The standard InChI is InChI=1S/C33H41N9O16P2/c1-4-11-50-32(45)39-25-8-10-41(31(44)38-25)27-16-22(58-60(49,52-13-6-3)53-14-7-9-34)24(57-27)18-55-59(47,48)54-17-23-21(43)15-26(56-23)42-20-37-28-29(35-19-36-30(28)42)40-33(46)51-12-5-2/h4-6,8,10,19-24,26-27,43H,1-3,7,11-18H2,(H,47,48)(H,35,36,40,46)(H,38,39,44,45)/t21-,22-,23+,24+,26+,27+,60?/m0/s1. The number of hydrogen-bond acceptors (Lipinski definition) is 20. The van der Waals surface area contributed by atoms with Crippen LogP contribution in [0.3, 0.4) is 0 Å². The number of nitrogens with one attached hydrogen (secondary N) is 2. The minimum absolute atomic E-state index is 0.0182. The number of rotatable bonds is 22. The lowest BCUT2D eigenvalue weighted by molar-refractivity contribution is -0.0576. The topological polar surface area (TPSA) is 318 Å². The van der Waals surface area contributed by atoms with Gasteiger partial charge in [-0.3, -0.25) is 42.4 Å². The fraction of sp³-hybridized carbons (Fsp3) is 0.455. The van der Waals surface area contributed by atoms with E-state index < -0.39 is 83.6 Å². The van der Waals surface area contributed by atoms with Crippen molar-refractivity contribution in [1.82, 2.24) is 29.1 Å². The van der Waals surface area contributed by atoms with Crippen molar-refractivity contribution < 1.29 is 70.3 Å². The Morgan fingerprint density at radius 1 is 0.933 bits per heavy atom. The minimum atomic E-state index is -4.96. The molecule has 3 aromatic heterocycles. The Balaban J connectivity index is 1.25. The summed E-state index contributed by atoms with van der Waals surface area (Å²) in [7, 11) is -9.41. The third kappa shape index (κ3) is 12.4. The predicted octanol–water partition coefficient (Wildman–Crippen LogP) is 3.25. The molecule has 0 aromatic carbocycles. The zero-order valence-electron chi connectivity index (χ0n) is 31.6. The first-order valence-corrected chi connectivity index (χ1v) is 20.8. The first-order chi connectivity index (χ1) is 28.8. The first kappa shape index (κ1) is 45.9. The van der Waals surface area contributed by atoms with Crippen LogP contribution in [0.4, 0.5) is 21.2 Å². The molecule has 27 heteroatoms. The maximum absolute atomic E-state index is 13.6. The second kappa shape index (κ2) is 21.3. The van der Waals surface area contributed by atoms with Gasteiger partial charge in [-0.05, 0) is 6.07 Å². The molecular formula is C33H41N9O16P2. The highest BCUT2D eigenvalue weighted by atomic mass is 31.2. The molecule has 2 fully saturated rings. The number of aliphatic hydroxyl groups excluding tert-OH is 1. The van der Waals surface area contributed by atoms with Crippen molar-refractivity contribution in [3.8, 4) is 6.07 Å². The summed E-state index contributed by atoms with van der Waals surface area (Å²) in [5.74, 6) is -0.103. The number of carbonyl (C=O) groups excluding carboxylic acids is 2. The Bertz CT molecular complexity index is 2220. The van der Waals surface area contributed by atoms with Crippen LogP contribution in [0.15, 0.2) is 67.7 Å². The van der Waals surface area contributed by atoms with Crippen molar-refractivity contribution >= 4 is 50.6 Å². The SMILES string of the molecule is C=CCOC(=O)Nc1ccn([C@H]2C[C@H](OP(=O)(OCC=C)OCCC#N)[C@@H](COP(=O)(O)OC[C@H]3O[C@@H](n4cnc5c(NC(=O)OCC=C)ncnc54)C[C@@H]3O)O2)c(=O)n1. The third-order valence-electron chi connectivity index (χ3n) is 8.19. The molecule has 8 atom stereocenters. The number of hydrogen-bond donors (Lipinski definition) is 4. The molecule has 0 radical (unpaired) electrons. The van der Waals surface area contributed by atoms with E-state index in [1.165, 1.54) is 47.7 Å². The highest BCUT2D eigenvalue weighted by Crippen LogP contribution is 2.54. The van der Waals surface area contributed by atoms with Crippen LogP contribution in [0, 0.1) is 11.3 Å². The number of nitriles is 1. The van der Waals surface area contributed by atoms with Crippen LogP contribution >= 0.6 is 15.6 Å². The molecule has 60 heavy (non-hydrogen) atoms. The van der Waals surface area contributed by atoms with Crippen molar-refractivity contribution in [3.63, 3.8) is 0 Å². The molecule has 2 aliphatic rings. The molecule has 2 saturated heterocycles. The molecule has 324 valence electrons. The summed E-state index contributed by atoms with van der Waals surface area (Å²) in [6, 6.07) is 3.10. The Labute approximate surface area is 340 Å².